The van der Waals surface area contributed by atoms with Crippen LogP contribution in [0, 0.1) is 0 Å². The van der Waals surface area contributed by atoms with E-state index in [0.717, 1.165) is 12.3 Å². The zero-order valence-electron chi connectivity index (χ0n) is 21.8. The van der Waals surface area contributed by atoms with E-state index < -0.39 is 27.7 Å². The molecule has 3 amide bonds. The predicted molar refractivity (Wildman–Crippen MR) is 148 cm³/mol. The highest BCUT2D eigenvalue weighted by molar-refractivity contribution is 7.90. The van der Waals surface area contributed by atoms with Crippen LogP contribution in [0.15, 0.2) is 71.8 Å². The summed E-state index contributed by atoms with van der Waals surface area (Å²) in [5.74, 6) is -1.25. The van der Waals surface area contributed by atoms with Gasteiger partial charge in [0.15, 0.2) is 0 Å². The van der Waals surface area contributed by atoms with Crippen molar-refractivity contribution in [2.45, 2.75) is 24.8 Å². The smallest absolute Gasteiger partial charge is 0.269 e. The summed E-state index contributed by atoms with van der Waals surface area (Å²) < 4.78 is 38.4. The number of nitrogens with one attached hydrogen (secondary N) is 3. The van der Waals surface area contributed by atoms with E-state index in [-0.39, 0.29) is 52.5 Å². The van der Waals surface area contributed by atoms with E-state index in [1.165, 1.54) is 24.3 Å². The molecule has 0 radical (unpaired) electrons. The number of carbonyl (C=O) groups is 3. The van der Waals surface area contributed by atoms with Crippen molar-refractivity contribution < 1.29 is 32.3 Å². The van der Waals surface area contributed by atoms with Crippen LogP contribution in [0.5, 0.6) is 5.75 Å². The minimum atomic E-state index is -4.38. The van der Waals surface area contributed by atoms with Crippen molar-refractivity contribution in [3.05, 3.63) is 88.7 Å². The van der Waals surface area contributed by atoms with Gasteiger partial charge in [-0.05, 0) is 56.3 Å². The predicted octanol–water partition coefficient (Wildman–Crippen LogP) is 2.82. The van der Waals surface area contributed by atoms with E-state index in [4.69, 9.17) is 21.1 Å². The van der Waals surface area contributed by atoms with E-state index in [2.05, 4.69) is 15.6 Å². The second-order valence-electron chi connectivity index (χ2n) is 8.60. The topological polar surface area (TPSA) is 153 Å². The first-order valence-electron chi connectivity index (χ1n) is 12.3. The largest absolute Gasteiger partial charge is 0.492 e. The molecule has 11 nitrogen and oxygen atoms in total. The van der Waals surface area contributed by atoms with Gasteiger partial charge in [0.2, 0.25) is 0 Å². The maximum Gasteiger partial charge on any atom is 0.269 e. The first kappa shape index (κ1) is 30.5. The van der Waals surface area contributed by atoms with Gasteiger partial charge in [-0.15, -0.1) is 0 Å². The van der Waals surface area contributed by atoms with Gasteiger partial charge in [0.05, 0.1) is 29.8 Å². The molecule has 3 rings (SSSR count). The highest BCUT2D eigenvalue weighted by Crippen LogP contribution is 2.23. The molecule has 3 aromatic rings. The third-order valence-corrected chi connectivity index (χ3v) is 7.02. The fraction of sp³-hybridized carbons (Fsp3) is 0.259. The van der Waals surface area contributed by atoms with Crippen LogP contribution in [0.3, 0.4) is 0 Å². The summed E-state index contributed by atoms with van der Waals surface area (Å²) in [5, 5.41) is 5.04. The number of aromatic nitrogens is 1. The first-order valence-corrected chi connectivity index (χ1v) is 14.1. The van der Waals surface area contributed by atoms with Gasteiger partial charge in [0, 0.05) is 18.3 Å². The monoisotopic (exact) mass is 588 g/mol. The quantitative estimate of drug-likeness (QED) is 0.258. The molecule has 0 saturated heterocycles. The molecule has 0 aliphatic heterocycles. The van der Waals surface area contributed by atoms with E-state index in [1.54, 1.807) is 12.1 Å². The number of rotatable bonds is 13. The number of hydrogen-bond acceptors (Lipinski definition) is 8. The van der Waals surface area contributed by atoms with Crippen molar-refractivity contribution in [3.8, 4) is 5.75 Å². The highest BCUT2D eigenvalue weighted by atomic mass is 35.5. The summed E-state index contributed by atoms with van der Waals surface area (Å²) in [4.78, 5) is 40.7. The molecular formula is C27H29ClN4O7S. The lowest BCUT2D eigenvalue weighted by Gasteiger charge is -2.11. The molecule has 2 aromatic carbocycles. The van der Waals surface area contributed by atoms with Gasteiger partial charge in [-0.3, -0.25) is 19.4 Å². The Hall–Kier alpha value is -4.00. The average molecular weight is 589 g/mol. The maximum atomic E-state index is 12.8. The van der Waals surface area contributed by atoms with Crippen LogP contribution in [0.2, 0.25) is 5.02 Å². The van der Waals surface area contributed by atoms with Crippen LogP contribution >= 0.6 is 11.6 Å². The highest BCUT2D eigenvalue weighted by Gasteiger charge is 2.23. The second-order valence-corrected chi connectivity index (χ2v) is 10.7. The molecule has 13 heteroatoms. The number of carbonyl (C=O) groups excluding carboxylic acids is 3. The summed E-state index contributed by atoms with van der Waals surface area (Å²) in [6.45, 7) is 4.81. The number of sulfonamides is 1. The Labute approximate surface area is 237 Å². The standard InChI is InChI=1S/C27H29ClN4O7S/c1-18(2)38-14-12-30-27(35)23-10-8-20(17-31-23)26(34)32-40(36,37)24-11-9-19(16-22(24)28)25(33)29-13-15-39-21-6-4-3-5-7-21/h3-11,16-18H,12-15H2,1-2H3,(H,29,33)(H,30,35)(H,32,34). The van der Waals surface area contributed by atoms with Crippen LogP contribution in [-0.4, -0.2) is 63.5 Å². The zero-order chi connectivity index (χ0) is 29.1. The molecule has 212 valence electrons. The van der Waals surface area contributed by atoms with Crippen LogP contribution in [0.4, 0.5) is 0 Å². The van der Waals surface area contributed by atoms with Crippen molar-refractivity contribution in [3.63, 3.8) is 0 Å². The lowest BCUT2D eigenvalue weighted by Crippen LogP contribution is -2.32. The minimum Gasteiger partial charge on any atom is -0.492 e. The second kappa shape index (κ2) is 14.4. The molecule has 1 aromatic heterocycles. The third kappa shape index (κ3) is 9.04. The van der Waals surface area contributed by atoms with Gasteiger partial charge in [0.1, 0.15) is 22.9 Å². The normalized spacial score (nSPS) is 11.1. The lowest BCUT2D eigenvalue weighted by atomic mass is 10.2. The molecule has 0 unspecified atom stereocenters. The van der Waals surface area contributed by atoms with Gasteiger partial charge < -0.3 is 20.1 Å². The Kier molecular flexibility index (Phi) is 11.0. The molecule has 3 N–H and O–H groups in total. The number of benzene rings is 2. The number of nitrogens with zero attached hydrogens (tertiary/aromatic N) is 1. The molecular weight excluding hydrogens is 560 g/mol. The van der Waals surface area contributed by atoms with E-state index >= 15 is 0 Å². The van der Waals surface area contributed by atoms with Crippen molar-refractivity contribution in [1.29, 1.82) is 0 Å². The minimum absolute atomic E-state index is 0.0346. The summed E-state index contributed by atoms with van der Waals surface area (Å²) in [5.41, 5.74) is 0.0874. The Morgan fingerprint density at radius 3 is 2.20 bits per heavy atom. The number of hydrogen-bond donors (Lipinski definition) is 3. The summed E-state index contributed by atoms with van der Waals surface area (Å²) in [7, 11) is -4.38. The van der Waals surface area contributed by atoms with Crippen LogP contribution in [0.1, 0.15) is 45.1 Å². The van der Waals surface area contributed by atoms with Gasteiger partial charge in [-0.25, -0.2) is 13.1 Å². The number of ether oxygens (including phenoxy) is 2. The fourth-order valence-corrected chi connectivity index (χ4v) is 4.78. The lowest BCUT2D eigenvalue weighted by molar-refractivity contribution is 0.0745. The van der Waals surface area contributed by atoms with Gasteiger partial charge in [0.25, 0.3) is 27.7 Å². The molecule has 0 fully saturated rings. The third-order valence-electron chi connectivity index (χ3n) is 5.21. The Balaban J connectivity index is 1.54. The van der Waals surface area contributed by atoms with Crippen molar-refractivity contribution >= 4 is 39.3 Å². The average Bonchev–Trinajstić information content (AvgIpc) is 2.93. The number of para-hydroxylation sites is 1. The van der Waals surface area contributed by atoms with E-state index in [9.17, 15) is 22.8 Å². The molecule has 40 heavy (non-hydrogen) atoms. The summed E-state index contributed by atoms with van der Waals surface area (Å²) >= 11 is 6.15. The fourth-order valence-electron chi connectivity index (χ4n) is 3.26. The zero-order valence-corrected chi connectivity index (χ0v) is 23.4. The van der Waals surface area contributed by atoms with Crippen LogP contribution in [-0.2, 0) is 14.8 Å². The molecule has 1 heterocycles. The van der Waals surface area contributed by atoms with E-state index in [1.807, 2.05) is 36.8 Å². The first-order chi connectivity index (χ1) is 19.1. The van der Waals surface area contributed by atoms with Crippen molar-refractivity contribution in [2.24, 2.45) is 0 Å². The Morgan fingerprint density at radius 1 is 0.875 bits per heavy atom. The SMILES string of the molecule is CC(C)OCCNC(=O)c1ccc(C(=O)NS(=O)(=O)c2ccc(C(=O)NCCOc3ccccc3)cc2Cl)cn1. The van der Waals surface area contributed by atoms with Gasteiger partial charge in [-0.2, -0.15) is 0 Å². The molecule has 0 saturated carbocycles. The van der Waals surface area contributed by atoms with Crippen molar-refractivity contribution in [1.82, 2.24) is 20.3 Å². The maximum absolute atomic E-state index is 12.8. The molecule has 0 aliphatic rings. The number of halogens is 1. The molecule has 0 atom stereocenters. The van der Waals surface area contributed by atoms with E-state index in [0.29, 0.717) is 12.4 Å². The van der Waals surface area contributed by atoms with Gasteiger partial charge >= 0.3 is 0 Å². The molecule has 0 spiro atoms. The van der Waals surface area contributed by atoms with Crippen LogP contribution < -0.4 is 20.1 Å². The Bertz CT molecular complexity index is 1430. The number of pyridine rings is 1. The summed E-state index contributed by atoms with van der Waals surface area (Å²) in [6.07, 6.45) is 1.12. The number of amides is 3. The van der Waals surface area contributed by atoms with Gasteiger partial charge in [-0.1, -0.05) is 29.8 Å². The molecule has 0 bridgehead atoms. The van der Waals surface area contributed by atoms with Crippen LogP contribution in [0.25, 0.3) is 0 Å². The summed E-state index contributed by atoms with van der Waals surface area (Å²) in [6, 6.07) is 15.3. The van der Waals surface area contributed by atoms with Crippen molar-refractivity contribution in [2.75, 3.05) is 26.3 Å². The Morgan fingerprint density at radius 2 is 1.55 bits per heavy atom. The molecule has 0 aliphatic carbocycles.